The Kier molecular flexibility index (Phi) is 13.5. The zero-order valence-electron chi connectivity index (χ0n) is 24.4. The van der Waals surface area contributed by atoms with Crippen LogP contribution in [0.25, 0.3) is 43.8 Å². The number of hydrogen-bond acceptors (Lipinski definition) is 0. The molecule has 0 fully saturated rings. The Bertz CT molecular complexity index is 2240. The van der Waals surface area contributed by atoms with E-state index in [9.17, 15) is 0 Å². The molecular weight excluding hydrogens is 1000 g/mol. The van der Waals surface area contributed by atoms with Crippen LogP contribution in [0.4, 0.5) is 0 Å². The topological polar surface area (TPSA) is 0 Å². The fourth-order valence-electron chi connectivity index (χ4n) is 5.24. The highest BCUT2D eigenvalue weighted by Crippen LogP contribution is 2.42. The van der Waals surface area contributed by atoms with E-state index >= 15 is 0 Å². The van der Waals surface area contributed by atoms with Gasteiger partial charge in [-0.05, 0) is 122 Å². The minimum Gasteiger partial charge on any atom is -0.0843 e. The van der Waals surface area contributed by atoms with Crippen LogP contribution in [0.1, 0.15) is 11.1 Å². The van der Waals surface area contributed by atoms with Crippen molar-refractivity contribution in [3.8, 4) is 34.1 Å². The van der Waals surface area contributed by atoms with Crippen LogP contribution >= 0.6 is 108 Å². The molecule has 0 bridgehead atoms. The first-order chi connectivity index (χ1) is 22.9. The van der Waals surface area contributed by atoms with Gasteiger partial charge in [0, 0.05) is 60.7 Å². The van der Waals surface area contributed by atoms with E-state index < -0.39 is 0 Å². The summed E-state index contributed by atoms with van der Waals surface area (Å²) in [7, 11) is 4.61. The van der Waals surface area contributed by atoms with Gasteiger partial charge in [-0.1, -0.05) is 154 Å². The molecule has 0 N–H and O–H groups in total. The molecule has 7 aromatic carbocycles. The van der Waals surface area contributed by atoms with Crippen LogP contribution in [0, 0.1) is 15.4 Å². The Labute approximate surface area is 333 Å². The van der Waals surface area contributed by atoms with Gasteiger partial charge in [0.1, 0.15) is 0 Å². The molecule has 0 saturated heterocycles. The third-order valence-electron chi connectivity index (χ3n) is 7.34. The van der Waals surface area contributed by atoms with Crippen molar-refractivity contribution < 1.29 is 0 Å². The van der Waals surface area contributed by atoms with Gasteiger partial charge in [-0.15, -0.1) is 0 Å². The van der Waals surface area contributed by atoms with Crippen molar-refractivity contribution in [1.82, 2.24) is 0 Å². The monoisotopic (exact) mass is 1020 g/mol. The maximum Gasteiger partial charge on any atom is 0.0425 e. The fourth-order valence-corrected chi connectivity index (χ4v) is 7.96. The molecule has 7 heteroatoms. The second-order valence-electron chi connectivity index (χ2n) is 10.2. The molecule has 232 valence electrons. The first-order valence-electron chi connectivity index (χ1n) is 14.2. The average molecular weight is 1020 g/mol. The van der Waals surface area contributed by atoms with E-state index in [4.69, 9.17) is 23.2 Å². The van der Waals surface area contributed by atoms with Crippen LogP contribution in [0.2, 0.25) is 10.0 Å². The highest BCUT2D eigenvalue weighted by atomic mass is 127. The number of halogens is 7. The van der Waals surface area contributed by atoms with Gasteiger partial charge in [-0.2, -0.15) is 0 Å². The van der Waals surface area contributed by atoms with Crippen LogP contribution in [0.3, 0.4) is 0 Å². The molecule has 0 nitrogen and oxygen atoms in total. The van der Waals surface area contributed by atoms with Crippen molar-refractivity contribution in [1.29, 1.82) is 0 Å². The molecular formula is C40H23Br2Cl3I2. The first-order valence-corrected chi connectivity index (χ1v) is 20.4. The zero-order chi connectivity index (χ0) is 33.3. The fraction of sp³-hybridized carbons (Fsp3) is 0. The third-order valence-corrected chi connectivity index (χ3v) is 10.2. The van der Waals surface area contributed by atoms with Gasteiger partial charge >= 0.3 is 0 Å². The summed E-state index contributed by atoms with van der Waals surface area (Å²) in [6.07, 6.45) is 0. The molecule has 7 rings (SSSR count). The normalized spacial score (nSPS) is 10.3. The van der Waals surface area contributed by atoms with Crippen LogP contribution < -0.4 is 0 Å². The minimum absolute atomic E-state index is 0.696. The largest absolute Gasteiger partial charge is 0.0843 e. The van der Waals surface area contributed by atoms with Gasteiger partial charge in [-0.3, -0.25) is 0 Å². The number of hydrogen-bond donors (Lipinski definition) is 0. The third kappa shape index (κ3) is 8.75. The molecule has 0 amide bonds. The SMILES string of the molecule is ClI.Clc1ccc(-c2c(I)c3ccccc3c3ccccc23)c(Br)c1.Clc1ccc(C#Cc2ccccc2-c2ccccc2)c(Br)c1. The molecule has 0 spiro atoms. The van der Waals surface area contributed by atoms with Crippen molar-refractivity contribution in [2.24, 2.45) is 0 Å². The van der Waals surface area contributed by atoms with Gasteiger partial charge in [0.2, 0.25) is 0 Å². The van der Waals surface area contributed by atoms with Crippen molar-refractivity contribution in [3.63, 3.8) is 0 Å². The summed E-state index contributed by atoms with van der Waals surface area (Å²) in [5, 5.41) is 6.55. The molecule has 0 unspecified atom stereocenters. The van der Waals surface area contributed by atoms with Crippen molar-refractivity contribution in [3.05, 3.63) is 173 Å². The molecule has 0 aromatic heterocycles. The maximum atomic E-state index is 6.13. The van der Waals surface area contributed by atoms with E-state index in [-0.39, 0.29) is 0 Å². The van der Waals surface area contributed by atoms with Gasteiger partial charge < -0.3 is 0 Å². The number of fused-ring (bicyclic) bond motifs is 3. The lowest BCUT2D eigenvalue weighted by Crippen LogP contribution is -1.90. The van der Waals surface area contributed by atoms with Crippen molar-refractivity contribution >= 4 is 130 Å². The molecule has 0 aliphatic carbocycles. The predicted molar refractivity (Wildman–Crippen MR) is 229 cm³/mol. The number of benzene rings is 7. The van der Waals surface area contributed by atoms with Crippen molar-refractivity contribution in [2.45, 2.75) is 0 Å². The van der Waals surface area contributed by atoms with E-state index in [0.29, 0.717) is 5.02 Å². The van der Waals surface area contributed by atoms with E-state index in [2.05, 4.69) is 148 Å². The smallest absolute Gasteiger partial charge is 0.0425 e. The summed E-state index contributed by atoms with van der Waals surface area (Å²) >= 11 is 23.3. The maximum absolute atomic E-state index is 6.13. The molecule has 0 aliphatic heterocycles. The molecule has 0 aliphatic rings. The van der Waals surface area contributed by atoms with Crippen LogP contribution in [-0.2, 0) is 0 Å². The summed E-state index contributed by atoms with van der Waals surface area (Å²) < 4.78 is 3.19. The lowest BCUT2D eigenvalue weighted by molar-refractivity contribution is 1.57. The van der Waals surface area contributed by atoms with E-state index in [1.807, 2.05) is 66.7 Å². The summed E-state index contributed by atoms with van der Waals surface area (Å²) in [6, 6.07) is 47.2. The molecule has 0 heterocycles. The van der Waals surface area contributed by atoms with Gasteiger partial charge in [0.25, 0.3) is 0 Å². The average Bonchev–Trinajstić information content (AvgIpc) is 3.10. The Morgan fingerprint density at radius 3 is 1.64 bits per heavy atom. The van der Waals surface area contributed by atoms with Crippen LogP contribution in [0.15, 0.2) is 148 Å². The Hall–Kier alpha value is -2.09. The summed E-state index contributed by atoms with van der Waals surface area (Å²) in [4.78, 5) is 0. The molecule has 7 aromatic rings. The van der Waals surface area contributed by atoms with Gasteiger partial charge in [0.05, 0.1) is 0 Å². The van der Waals surface area contributed by atoms with E-state index in [0.717, 1.165) is 30.7 Å². The van der Waals surface area contributed by atoms with E-state index in [1.54, 1.807) is 21.5 Å². The van der Waals surface area contributed by atoms with Crippen molar-refractivity contribution in [2.75, 3.05) is 0 Å². The van der Waals surface area contributed by atoms with Crippen LogP contribution in [0.5, 0.6) is 0 Å². The quantitative estimate of drug-likeness (QED) is 0.0920. The van der Waals surface area contributed by atoms with Crippen LogP contribution in [-0.4, -0.2) is 0 Å². The molecule has 0 saturated carbocycles. The molecule has 0 atom stereocenters. The van der Waals surface area contributed by atoms with Gasteiger partial charge in [0.15, 0.2) is 0 Å². The summed E-state index contributed by atoms with van der Waals surface area (Å²) in [5.74, 6) is 6.48. The zero-order valence-corrected chi connectivity index (χ0v) is 34.2. The highest BCUT2D eigenvalue weighted by molar-refractivity contribution is 14.1. The Balaban J connectivity index is 0.000000176. The summed E-state index contributed by atoms with van der Waals surface area (Å²) in [6.45, 7) is 0. The Morgan fingerprint density at radius 1 is 0.468 bits per heavy atom. The number of rotatable bonds is 2. The molecule has 47 heavy (non-hydrogen) atoms. The second kappa shape index (κ2) is 17.5. The summed E-state index contributed by atoms with van der Waals surface area (Å²) in [5.41, 5.74) is 6.66. The first kappa shape index (κ1) is 36.2. The van der Waals surface area contributed by atoms with E-state index in [1.165, 1.54) is 41.8 Å². The Morgan fingerprint density at radius 2 is 0.979 bits per heavy atom. The predicted octanol–water partition coefficient (Wildman–Crippen LogP) is 15.4. The standard InChI is InChI=1S/C20H11BrClI.C20H12BrCl.ClI/c21-18-11-12(22)9-10-17(18)19-15-7-3-1-5-13(15)14-6-2-4-8-16(14)20(19)23;21-20-14-18(22)13-12-17(20)11-10-16-8-4-5-9-19(16)15-6-2-1-3-7-15;1-2/h1-11H;1-9,12-14H;. The second-order valence-corrected chi connectivity index (χ2v) is 13.9. The lowest BCUT2D eigenvalue weighted by Gasteiger charge is -2.15. The highest BCUT2D eigenvalue weighted by Gasteiger charge is 2.16. The lowest BCUT2D eigenvalue weighted by atomic mass is 9.93. The molecule has 0 radical (unpaired) electrons. The minimum atomic E-state index is 0.696. The van der Waals surface area contributed by atoms with Gasteiger partial charge in [-0.25, -0.2) is 0 Å².